The third kappa shape index (κ3) is 3.27. The summed E-state index contributed by atoms with van der Waals surface area (Å²) in [5.74, 6) is 0. The smallest absolute Gasteiger partial charge is 0.407 e. The Hall–Kier alpha value is -1.51. The molecule has 1 aromatic carbocycles. The average molecular weight is 207 g/mol. The largest absolute Gasteiger partial charge is 0.450 e. The second-order valence-corrected chi connectivity index (χ2v) is 3.84. The average Bonchev–Trinajstić information content (AvgIpc) is 2.18. The Kier molecular flexibility index (Phi) is 3.72. The highest BCUT2D eigenvalue weighted by Crippen LogP contribution is 2.19. The first-order valence-electron chi connectivity index (χ1n) is 5.06. The Bertz CT molecular complexity index is 320. The molecule has 0 aliphatic rings. The van der Waals surface area contributed by atoms with Crippen LogP contribution >= 0.6 is 0 Å². The van der Waals surface area contributed by atoms with E-state index in [1.165, 1.54) is 0 Å². The molecule has 1 N–H and O–H groups in total. The van der Waals surface area contributed by atoms with Gasteiger partial charge in [-0.1, -0.05) is 30.3 Å². The van der Waals surface area contributed by atoms with Gasteiger partial charge in [-0.2, -0.15) is 0 Å². The number of hydrogen-bond donors (Lipinski definition) is 1. The highest BCUT2D eigenvalue weighted by Gasteiger charge is 2.22. The molecule has 0 aromatic heterocycles. The van der Waals surface area contributed by atoms with Crippen LogP contribution in [0.15, 0.2) is 30.3 Å². The van der Waals surface area contributed by atoms with Crippen molar-refractivity contribution >= 4 is 6.09 Å². The lowest BCUT2D eigenvalue weighted by atomic mass is 9.95. The van der Waals surface area contributed by atoms with Gasteiger partial charge in [-0.3, -0.25) is 0 Å². The van der Waals surface area contributed by atoms with Crippen LogP contribution in [-0.4, -0.2) is 12.7 Å². The van der Waals surface area contributed by atoms with Crippen molar-refractivity contribution in [3.05, 3.63) is 35.9 Å². The first-order chi connectivity index (χ1) is 7.06. The van der Waals surface area contributed by atoms with Gasteiger partial charge in [0.2, 0.25) is 0 Å². The van der Waals surface area contributed by atoms with E-state index in [9.17, 15) is 4.79 Å². The molecule has 0 atom stereocenters. The van der Waals surface area contributed by atoms with E-state index in [2.05, 4.69) is 5.32 Å². The number of rotatable bonds is 3. The molecule has 3 nitrogen and oxygen atoms in total. The summed E-state index contributed by atoms with van der Waals surface area (Å²) in [6.45, 7) is 6.06. The molecular weight excluding hydrogens is 190 g/mol. The van der Waals surface area contributed by atoms with E-state index in [-0.39, 0.29) is 6.09 Å². The van der Waals surface area contributed by atoms with E-state index in [1.807, 2.05) is 44.2 Å². The monoisotopic (exact) mass is 207 g/mol. The molecule has 82 valence electrons. The van der Waals surface area contributed by atoms with Gasteiger partial charge in [-0.05, 0) is 26.3 Å². The molecule has 0 aliphatic carbocycles. The summed E-state index contributed by atoms with van der Waals surface area (Å²) in [4.78, 5) is 11.3. The van der Waals surface area contributed by atoms with Crippen molar-refractivity contribution in [2.75, 3.05) is 6.61 Å². The van der Waals surface area contributed by atoms with Crippen molar-refractivity contribution in [2.45, 2.75) is 26.3 Å². The van der Waals surface area contributed by atoms with Crippen molar-refractivity contribution in [2.24, 2.45) is 0 Å². The summed E-state index contributed by atoms with van der Waals surface area (Å²) >= 11 is 0. The second-order valence-electron chi connectivity index (χ2n) is 3.84. The lowest BCUT2D eigenvalue weighted by Crippen LogP contribution is -2.41. The predicted octanol–water partition coefficient (Wildman–Crippen LogP) is 2.67. The maximum atomic E-state index is 11.3. The van der Waals surface area contributed by atoms with Gasteiger partial charge in [-0.15, -0.1) is 0 Å². The number of amides is 1. The number of nitrogens with one attached hydrogen (secondary N) is 1. The number of alkyl carbamates (subject to hydrolysis) is 1. The fraction of sp³-hybridized carbons (Fsp3) is 0.417. The van der Waals surface area contributed by atoms with Crippen molar-refractivity contribution in [1.82, 2.24) is 5.32 Å². The Balaban J connectivity index is 2.71. The molecular formula is C12H17NO2. The van der Waals surface area contributed by atoms with Crippen LogP contribution < -0.4 is 5.32 Å². The molecule has 1 rings (SSSR count). The lowest BCUT2D eigenvalue weighted by Gasteiger charge is -2.26. The van der Waals surface area contributed by atoms with E-state index in [0.717, 1.165) is 5.56 Å². The van der Waals surface area contributed by atoms with Crippen LogP contribution in [0.4, 0.5) is 4.79 Å². The molecule has 1 amide bonds. The predicted molar refractivity (Wildman–Crippen MR) is 59.6 cm³/mol. The number of hydrogen-bond acceptors (Lipinski definition) is 2. The number of carbonyl (C=O) groups is 1. The van der Waals surface area contributed by atoms with Crippen LogP contribution in [0.2, 0.25) is 0 Å². The van der Waals surface area contributed by atoms with E-state index in [4.69, 9.17) is 4.74 Å². The first kappa shape index (κ1) is 11.6. The SMILES string of the molecule is CCOC(=O)NC(C)(C)c1ccccc1. The summed E-state index contributed by atoms with van der Waals surface area (Å²) in [5.41, 5.74) is 0.645. The van der Waals surface area contributed by atoms with Crippen LogP contribution in [-0.2, 0) is 10.3 Å². The van der Waals surface area contributed by atoms with Gasteiger partial charge in [0.15, 0.2) is 0 Å². The normalized spacial score (nSPS) is 10.9. The van der Waals surface area contributed by atoms with E-state index < -0.39 is 5.54 Å². The van der Waals surface area contributed by atoms with E-state index >= 15 is 0 Å². The molecule has 0 fully saturated rings. The summed E-state index contributed by atoms with van der Waals surface area (Å²) < 4.78 is 4.85. The first-order valence-corrected chi connectivity index (χ1v) is 5.06. The molecule has 0 radical (unpaired) electrons. The topological polar surface area (TPSA) is 38.3 Å². The third-order valence-electron chi connectivity index (χ3n) is 2.19. The van der Waals surface area contributed by atoms with Gasteiger partial charge >= 0.3 is 6.09 Å². The van der Waals surface area contributed by atoms with Gasteiger partial charge in [-0.25, -0.2) is 4.79 Å². The van der Waals surface area contributed by atoms with E-state index in [1.54, 1.807) is 6.92 Å². The molecule has 0 spiro atoms. The third-order valence-corrected chi connectivity index (χ3v) is 2.19. The van der Waals surface area contributed by atoms with Gasteiger partial charge < -0.3 is 10.1 Å². The number of carbonyl (C=O) groups excluding carboxylic acids is 1. The molecule has 0 saturated carbocycles. The van der Waals surface area contributed by atoms with Crippen molar-refractivity contribution in [1.29, 1.82) is 0 Å². The summed E-state index contributed by atoms with van der Waals surface area (Å²) in [5, 5.41) is 2.81. The standard InChI is InChI=1S/C12H17NO2/c1-4-15-11(14)13-12(2,3)10-8-6-5-7-9-10/h5-9H,4H2,1-3H3,(H,13,14). The Morgan fingerprint density at radius 1 is 1.33 bits per heavy atom. The highest BCUT2D eigenvalue weighted by atomic mass is 16.5. The molecule has 15 heavy (non-hydrogen) atoms. The molecule has 0 bridgehead atoms. The van der Waals surface area contributed by atoms with Crippen molar-refractivity contribution in [3.8, 4) is 0 Å². The molecule has 3 heteroatoms. The summed E-state index contributed by atoms with van der Waals surface area (Å²) in [7, 11) is 0. The number of ether oxygens (including phenoxy) is 1. The summed E-state index contributed by atoms with van der Waals surface area (Å²) in [6, 6.07) is 9.80. The van der Waals surface area contributed by atoms with Crippen LogP contribution in [0, 0.1) is 0 Å². The second kappa shape index (κ2) is 4.82. The van der Waals surface area contributed by atoms with Gasteiger partial charge in [0.25, 0.3) is 0 Å². The zero-order valence-corrected chi connectivity index (χ0v) is 9.41. The van der Waals surface area contributed by atoms with Crippen molar-refractivity contribution < 1.29 is 9.53 Å². The minimum absolute atomic E-state index is 0.383. The fourth-order valence-electron chi connectivity index (χ4n) is 1.35. The zero-order valence-electron chi connectivity index (χ0n) is 9.41. The van der Waals surface area contributed by atoms with Gasteiger partial charge in [0, 0.05) is 0 Å². The molecule has 0 saturated heterocycles. The van der Waals surface area contributed by atoms with Crippen molar-refractivity contribution in [3.63, 3.8) is 0 Å². The molecule has 0 aliphatic heterocycles. The number of benzene rings is 1. The molecule has 0 heterocycles. The Labute approximate surface area is 90.4 Å². The zero-order chi connectivity index (χ0) is 11.3. The minimum Gasteiger partial charge on any atom is -0.450 e. The Morgan fingerprint density at radius 2 is 1.93 bits per heavy atom. The highest BCUT2D eigenvalue weighted by molar-refractivity contribution is 5.68. The van der Waals surface area contributed by atoms with E-state index in [0.29, 0.717) is 6.61 Å². The van der Waals surface area contributed by atoms with Crippen LogP contribution in [0.3, 0.4) is 0 Å². The lowest BCUT2D eigenvalue weighted by molar-refractivity contribution is 0.141. The molecule has 0 unspecified atom stereocenters. The van der Waals surface area contributed by atoms with Gasteiger partial charge in [0.05, 0.1) is 12.1 Å². The maximum absolute atomic E-state index is 11.3. The quantitative estimate of drug-likeness (QED) is 0.827. The van der Waals surface area contributed by atoms with Crippen LogP contribution in [0.25, 0.3) is 0 Å². The Morgan fingerprint density at radius 3 is 2.47 bits per heavy atom. The van der Waals surface area contributed by atoms with Crippen LogP contribution in [0.5, 0.6) is 0 Å². The minimum atomic E-state index is -0.409. The molecule has 1 aromatic rings. The summed E-state index contributed by atoms with van der Waals surface area (Å²) in [6.07, 6.45) is -0.383. The maximum Gasteiger partial charge on any atom is 0.407 e. The van der Waals surface area contributed by atoms with Crippen LogP contribution in [0.1, 0.15) is 26.3 Å². The van der Waals surface area contributed by atoms with Gasteiger partial charge in [0.1, 0.15) is 0 Å². The fourth-order valence-corrected chi connectivity index (χ4v) is 1.35.